The Morgan fingerprint density at radius 3 is 2.11 bits per heavy atom. The van der Waals surface area contributed by atoms with Crippen LogP contribution in [-0.4, -0.2) is 24.1 Å². The molecule has 3 aromatic carbocycles. The number of anilines is 1. The number of fused-ring (bicyclic) bond motifs is 2. The molecular formula is C22H14BrNO4. The molecule has 0 aliphatic heterocycles. The Bertz CT molecular complexity index is 1110. The van der Waals surface area contributed by atoms with Gasteiger partial charge >= 0.3 is 0 Å². The maximum atomic E-state index is 12.7. The van der Waals surface area contributed by atoms with Crippen molar-refractivity contribution >= 4 is 39.1 Å². The van der Waals surface area contributed by atoms with Crippen molar-refractivity contribution in [2.45, 2.75) is 0 Å². The van der Waals surface area contributed by atoms with Crippen LogP contribution in [0.25, 0.3) is 0 Å². The van der Waals surface area contributed by atoms with E-state index in [9.17, 15) is 14.4 Å². The van der Waals surface area contributed by atoms with Crippen LogP contribution in [0.5, 0.6) is 5.75 Å². The number of benzene rings is 3. The van der Waals surface area contributed by atoms with Crippen LogP contribution >= 0.6 is 15.9 Å². The Morgan fingerprint density at radius 2 is 1.43 bits per heavy atom. The molecule has 6 heteroatoms. The Balaban J connectivity index is 1.50. The Hall–Kier alpha value is -3.25. The minimum Gasteiger partial charge on any atom is -0.484 e. The van der Waals surface area contributed by atoms with Gasteiger partial charge in [0.2, 0.25) is 0 Å². The van der Waals surface area contributed by atoms with E-state index in [0.29, 0.717) is 28.1 Å². The molecule has 0 heterocycles. The number of ether oxygens (including phenoxy) is 1. The van der Waals surface area contributed by atoms with Gasteiger partial charge in [-0.1, -0.05) is 40.2 Å². The first-order chi connectivity index (χ1) is 13.5. The Kier molecular flexibility index (Phi) is 4.79. The fourth-order valence-corrected chi connectivity index (χ4v) is 3.32. The van der Waals surface area contributed by atoms with Gasteiger partial charge in [-0.05, 0) is 42.5 Å². The lowest BCUT2D eigenvalue weighted by Crippen LogP contribution is -2.23. The van der Waals surface area contributed by atoms with Crippen molar-refractivity contribution in [3.63, 3.8) is 0 Å². The van der Waals surface area contributed by atoms with Gasteiger partial charge in [0.25, 0.3) is 5.91 Å². The molecule has 1 aliphatic carbocycles. The molecule has 0 atom stereocenters. The van der Waals surface area contributed by atoms with Crippen molar-refractivity contribution in [3.05, 3.63) is 93.5 Å². The first kappa shape index (κ1) is 18.1. The summed E-state index contributed by atoms with van der Waals surface area (Å²) in [5, 5.41) is 2.70. The lowest BCUT2D eigenvalue weighted by atomic mass is 9.84. The van der Waals surface area contributed by atoms with Gasteiger partial charge in [0.1, 0.15) is 5.75 Å². The first-order valence-corrected chi connectivity index (χ1v) is 9.33. The van der Waals surface area contributed by atoms with Crippen molar-refractivity contribution in [1.29, 1.82) is 0 Å². The minimum absolute atomic E-state index is 0.172. The molecule has 0 aromatic heterocycles. The largest absolute Gasteiger partial charge is 0.484 e. The highest BCUT2D eigenvalue weighted by Gasteiger charge is 2.29. The summed E-state index contributed by atoms with van der Waals surface area (Å²) in [5.74, 6) is -0.215. The van der Waals surface area contributed by atoms with Gasteiger partial charge in [0, 0.05) is 32.4 Å². The summed E-state index contributed by atoms with van der Waals surface area (Å²) in [4.78, 5) is 37.5. The number of halogens is 1. The molecule has 138 valence electrons. The lowest BCUT2D eigenvalue weighted by molar-refractivity contribution is -0.118. The smallest absolute Gasteiger partial charge is 0.262 e. The van der Waals surface area contributed by atoms with Crippen LogP contribution in [0.15, 0.2) is 71.2 Å². The number of nitrogens with one attached hydrogen (secondary N) is 1. The van der Waals surface area contributed by atoms with Gasteiger partial charge in [-0.2, -0.15) is 0 Å². The molecule has 1 amide bonds. The maximum Gasteiger partial charge on any atom is 0.262 e. The summed E-state index contributed by atoms with van der Waals surface area (Å²) >= 11 is 3.33. The molecule has 3 aromatic rings. The summed E-state index contributed by atoms with van der Waals surface area (Å²) < 4.78 is 6.35. The van der Waals surface area contributed by atoms with Crippen LogP contribution in [0.3, 0.4) is 0 Å². The van der Waals surface area contributed by atoms with Gasteiger partial charge in [0.05, 0.1) is 0 Å². The van der Waals surface area contributed by atoms with Crippen molar-refractivity contribution < 1.29 is 19.1 Å². The molecule has 0 saturated carbocycles. The molecule has 0 bridgehead atoms. The third-order valence-electron chi connectivity index (χ3n) is 4.39. The number of carbonyl (C=O) groups is 3. The number of hydrogen-bond donors (Lipinski definition) is 1. The second-order valence-electron chi connectivity index (χ2n) is 6.25. The Labute approximate surface area is 169 Å². The molecule has 28 heavy (non-hydrogen) atoms. The highest BCUT2D eigenvalue weighted by Crippen LogP contribution is 2.29. The normalized spacial score (nSPS) is 12.2. The number of rotatable bonds is 4. The zero-order valence-corrected chi connectivity index (χ0v) is 16.2. The quantitative estimate of drug-likeness (QED) is 0.520. The van der Waals surface area contributed by atoms with E-state index < -0.39 is 0 Å². The molecule has 5 nitrogen and oxygen atoms in total. The lowest BCUT2D eigenvalue weighted by Gasteiger charge is -2.18. The van der Waals surface area contributed by atoms with Crippen LogP contribution in [0.1, 0.15) is 31.8 Å². The third kappa shape index (κ3) is 3.46. The second-order valence-corrected chi connectivity index (χ2v) is 7.17. The van der Waals surface area contributed by atoms with Crippen LogP contribution in [0.4, 0.5) is 5.69 Å². The predicted octanol–water partition coefficient (Wildman–Crippen LogP) is 4.24. The molecule has 0 fully saturated rings. The van der Waals surface area contributed by atoms with E-state index in [1.54, 1.807) is 48.5 Å². The number of amides is 1. The van der Waals surface area contributed by atoms with E-state index in [1.807, 2.05) is 12.1 Å². The van der Waals surface area contributed by atoms with Crippen LogP contribution < -0.4 is 10.1 Å². The second kappa shape index (κ2) is 7.40. The number of hydrogen-bond acceptors (Lipinski definition) is 4. The minimum atomic E-state index is -0.363. The number of ketones is 2. The van der Waals surface area contributed by atoms with E-state index in [0.717, 1.165) is 4.47 Å². The predicted molar refractivity (Wildman–Crippen MR) is 108 cm³/mol. The van der Waals surface area contributed by atoms with E-state index in [2.05, 4.69) is 21.2 Å². The molecular weight excluding hydrogens is 422 g/mol. The average molecular weight is 436 g/mol. The average Bonchev–Trinajstić information content (AvgIpc) is 2.71. The summed E-state index contributed by atoms with van der Waals surface area (Å²) in [6, 6.07) is 18.6. The third-order valence-corrected chi connectivity index (χ3v) is 4.92. The van der Waals surface area contributed by atoms with E-state index in [-0.39, 0.29) is 29.6 Å². The molecule has 0 unspecified atom stereocenters. The first-order valence-electron chi connectivity index (χ1n) is 8.53. The van der Waals surface area contributed by atoms with Crippen molar-refractivity contribution in [2.24, 2.45) is 0 Å². The van der Waals surface area contributed by atoms with Crippen molar-refractivity contribution in [1.82, 2.24) is 0 Å². The van der Waals surface area contributed by atoms with Crippen LogP contribution in [0.2, 0.25) is 0 Å². The number of carbonyl (C=O) groups excluding carboxylic acids is 3. The SMILES string of the molecule is O=C(COc1ccc(Br)cc1)Nc1ccc2c(c1)C(=O)c1ccccc1C2=O. The molecule has 0 saturated heterocycles. The molecule has 0 radical (unpaired) electrons. The molecule has 1 aliphatic rings. The summed E-state index contributed by atoms with van der Waals surface area (Å²) in [6.45, 7) is -0.172. The highest BCUT2D eigenvalue weighted by atomic mass is 79.9. The summed E-state index contributed by atoms with van der Waals surface area (Å²) in [5.41, 5.74) is 1.84. The fraction of sp³-hybridized carbons (Fsp3) is 0.0455. The van der Waals surface area contributed by atoms with Gasteiger partial charge in [-0.15, -0.1) is 0 Å². The van der Waals surface area contributed by atoms with Gasteiger partial charge in [-0.3, -0.25) is 14.4 Å². The van der Waals surface area contributed by atoms with Crippen LogP contribution in [-0.2, 0) is 4.79 Å². The zero-order chi connectivity index (χ0) is 19.7. The molecule has 4 rings (SSSR count). The fourth-order valence-electron chi connectivity index (χ4n) is 3.05. The van der Waals surface area contributed by atoms with Gasteiger partial charge in [-0.25, -0.2) is 0 Å². The van der Waals surface area contributed by atoms with E-state index in [4.69, 9.17) is 4.74 Å². The molecule has 0 spiro atoms. The van der Waals surface area contributed by atoms with Crippen LogP contribution in [0, 0.1) is 0 Å². The van der Waals surface area contributed by atoms with E-state index >= 15 is 0 Å². The standard InChI is InChI=1S/C22H14BrNO4/c23-13-5-8-15(9-6-13)28-12-20(25)24-14-7-10-18-19(11-14)22(27)17-4-2-1-3-16(17)21(18)26/h1-11H,12H2,(H,24,25). The Morgan fingerprint density at radius 1 is 0.821 bits per heavy atom. The van der Waals surface area contributed by atoms with Gasteiger partial charge < -0.3 is 10.1 Å². The monoisotopic (exact) mass is 435 g/mol. The maximum absolute atomic E-state index is 12.7. The molecule has 1 N–H and O–H groups in total. The van der Waals surface area contributed by atoms with E-state index in [1.165, 1.54) is 6.07 Å². The highest BCUT2D eigenvalue weighted by molar-refractivity contribution is 9.10. The van der Waals surface area contributed by atoms with Gasteiger partial charge in [0.15, 0.2) is 18.2 Å². The summed E-state index contributed by atoms with van der Waals surface area (Å²) in [7, 11) is 0. The zero-order valence-electron chi connectivity index (χ0n) is 14.6. The van der Waals surface area contributed by atoms with Crippen molar-refractivity contribution in [3.8, 4) is 5.75 Å². The summed E-state index contributed by atoms with van der Waals surface area (Å²) in [6.07, 6.45) is 0. The topological polar surface area (TPSA) is 72.5 Å². The van der Waals surface area contributed by atoms with Crippen molar-refractivity contribution in [2.75, 3.05) is 11.9 Å².